The first-order valence-electron chi connectivity index (χ1n) is 11.0. The lowest BCUT2D eigenvalue weighted by atomic mass is 10.1. The number of hydrogen-bond donors (Lipinski definition) is 2. The van der Waals surface area contributed by atoms with Gasteiger partial charge in [-0.1, -0.05) is 24.3 Å². The van der Waals surface area contributed by atoms with Gasteiger partial charge in [-0.3, -0.25) is 9.59 Å². The molecule has 180 valence electrons. The molecular weight excluding hydrogens is 442 g/mol. The Balaban J connectivity index is 1.66. The third kappa shape index (κ3) is 6.74. The fourth-order valence-electron chi connectivity index (χ4n) is 3.49. The van der Waals surface area contributed by atoms with Crippen molar-refractivity contribution in [3.63, 3.8) is 0 Å². The minimum Gasteiger partial charge on any atom is -0.488 e. The minimum atomic E-state index is -1.05. The number of aliphatic hydroxyl groups excluding tert-OH is 1. The molecule has 1 aliphatic rings. The van der Waals surface area contributed by atoms with Gasteiger partial charge in [0.2, 0.25) is 5.91 Å². The second-order valence-electron chi connectivity index (χ2n) is 8.16. The smallest absolute Gasteiger partial charge is 0.257 e. The second kappa shape index (κ2) is 11.6. The number of nitrogens with one attached hydrogen (secondary N) is 1. The Morgan fingerprint density at radius 3 is 2.82 bits per heavy atom. The van der Waals surface area contributed by atoms with Crippen molar-refractivity contribution in [2.75, 3.05) is 6.54 Å². The second-order valence-corrected chi connectivity index (χ2v) is 8.16. The number of carbonyl (C=O) groups excluding carboxylic acids is 1. The normalized spacial score (nSPS) is 14.1. The van der Waals surface area contributed by atoms with E-state index in [-0.39, 0.29) is 17.7 Å². The number of aromatic nitrogens is 1. The molecule has 0 saturated heterocycles. The summed E-state index contributed by atoms with van der Waals surface area (Å²) in [6.45, 7) is 3.72. The van der Waals surface area contributed by atoms with Gasteiger partial charge in [0.15, 0.2) is 0 Å². The van der Waals surface area contributed by atoms with Crippen LogP contribution >= 0.6 is 0 Å². The average molecular weight is 471 g/mol. The maximum Gasteiger partial charge on any atom is 0.257 e. The van der Waals surface area contributed by atoms with Crippen molar-refractivity contribution >= 4 is 5.91 Å². The number of ether oxygens (including phenoxy) is 1. The van der Waals surface area contributed by atoms with Crippen molar-refractivity contribution in [2.45, 2.75) is 45.9 Å². The van der Waals surface area contributed by atoms with Crippen LogP contribution in [0.1, 0.15) is 30.9 Å². The molecule has 3 rings (SSSR count). The van der Waals surface area contributed by atoms with Crippen LogP contribution in [-0.4, -0.2) is 28.2 Å². The molecule has 0 saturated carbocycles. The molecule has 0 bridgehead atoms. The first-order valence-corrected chi connectivity index (χ1v) is 11.0. The van der Waals surface area contributed by atoms with E-state index in [0.29, 0.717) is 37.2 Å². The number of allylic oxidation sites excluding steroid dienone is 5. The maximum absolute atomic E-state index is 13.8. The third-order valence-corrected chi connectivity index (χ3v) is 5.44. The van der Waals surface area contributed by atoms with Crippen molar-refractivity contribution in [2.24, 2.45) is 0 Å². The van der Waals surface area contributed by atoms with Crippen molar-refractivity contribution in [3.8, 4) is 5.75 Å². The Hall–Kier alpha value is -3.52. The molecule has 1 aromatic heterocycles. The van der Waals surface area contributed by atoms with E-state index in [0.717, 1.165) is 23.3 Å². The standard InChI is InChI=1S/C26H28F2N2O4/c1-17-24(34-16-21-7-8-22(27)14-23(21)28)10-12-30(26(17)33)15-20-6-4-3-5-19(13-20)9-11-29-25(32)18(2)31/h3-5,7-8,10,12-14,18,31H,6,9,11,15-16H2,1-2H3,(H,29,32). The molecule has 0 spiro atoms. The molecule has 1 atom stereocenters. The quantitative estimate of drug-likeness (QED) is 0.586. The largest absolute Gasteiger partial charge is 0.488 e. The highest BCUT2D eigenvalue weighted by atomic mass is 19.1. The summed E-state index contributed by atoms with van der Waals surface area (Å²) >= 11 is 0. The van der Waals surface area contributed by atoms with E-state index < -0.39 is 23.6 Å². The number of pyridine rings is 1. The molecular formula is C26H28F2N2O4. The van der Waals surface area contributed by atoms with Gasteiger partial charge in [0.1, 0.15) is 30.1 Å². The van der Waals surface area contributed by atoms with Gasteiger partial charge in [0, 0.05) is 30.9 Å². The summed E-state index contributed by atoms with van der Waals surface area (Å²) in [5.41, 5.74) is 2.39. The van der Waals surface area contributed by atoms with Gasteiger partial charge in [-0.2, -0.15) is 0 Å². The van der Waals surface area contributed by atoms with Crippen LogP contribution in [0, 0.1) is 18.6 Å². The number of halogens is 2. The molecule has 1 amide bonds. The zero-order valence-corrected chi connectivity index (χ0v) is 19.2. The number of aliphatic hydroxyl groups is 1. The van der Waals surface area contributed by atoms with Crippen LogP contribution in [0.4, 0.5) is 8.78 Å². The minimum absolute atomic E-state index is 0.119. The Bertz CT molecular complexity index is 1200. The number of carbonyl (C=O) groups is 1. The summed E-state index contributed by atoms with van der Waals surface area (Å²) in [6.07, 6.45) is 9.76. The zero-order chi connectivity index (χ0) is 24.7. The number of hydrogen-bond acceptors (Lipinski definition) is 4. The number of benzene rings is 1. The molecule has 0 aliphatic heterocycles. The first kappa shape index (κ1) is 25.1. The van der Waals surface area contributed by atoms with Gasteiger partial charge in [0.25, 0.3) is 5.56 Å². The number of nitrogens with zero attached hydrogens (tertiary/aromatic N) is 1. The van der Waals surface area contributed by atoms with Gasteiger partial charge >= 0.3 is 0 Å². The molecule has 6 nitrogen and oxygen atoms in total. The van der Waals surface area contributed by atoms with Crippen LogP contribution in [0.15, 0.2) is 70.7 Å². The molecule has 8 heteroatoms. The van der Waals surface area contributed by atoms with E-state index >= 15 is 0 Å². The summed E-state index contributed by atoms with van der Waals surface area (Å²) < 4.78 is 34.1. The fourth-order valence-corrected chi connectivity index (χ4v) is 3.49. The van der Waals surface area contributed by atoms with E-state index in [1.54, 1.807) is 23.8 Å². The van der Waals surface area contributed by atoms with Gasteiger partial charge in [0.05, 0.1) is 5.56 Å². The van der Waals surface area contributed by atoms with Crippen molar-refractivity contribution < 1.29 is 23.4 Å². The highest BCUT2D eigenvalue weighted by molar-refractivity contribution is 5.79. The molecule has 1 unspecified atom stereocenters. The summed E-state index contributed by atoms with van der Waals surface area (Å²) in [5, 5.41) is 11.9. The first-order chi connectivity index (χ1) is 16.2. The van der Waals surface area contributed by atoms with Crippen molar-refractivity contribution in [1.82, 2.24) is 9.88 Å². The lowest BCUT2D eigenvalue weighted by Crippen LogP contribution is -2.33. The molecule has 1 aliphatic carbocycles. The average Bonchev–Trinajstić information content (AvgIpc) is 3.02. The van der Waals surface area contributed by atoms with Crippen LogP contribution in [-0.2, 0) is 17.9 Å². The summed E-state index contributed by atoms with van der Waals surface area (Å²) in [7, 11) is 0. The van der Waals surface area contributed by atoms with Gasteiger partial charge in [-0.15, -0.1) is 0 Å². The molecule has 0 fully saturated rings. The van der Waals surface area contributed by atoms with Crippen LogP contribution in [0.5, 0.6) is 5.75 Å². The third-order valence-electron chi connectivity index (χ3n) is 5.44. The van der Waals surface area contributed by atoms with Crippen LogP contribution in [0.2, 0.25) is 0 Å². The van der Waals surface area contributed by atoms with Gasteiger partial charge in [-0.05, 0) is 56.0 Å². The Morgan fingerprint density at radius 1 is 1.29 bits per heavy atom. The van der Waals surface area contributed by atoms with E-state index in [1.165, 1.54) is 13.0 Å². The van der Waals surface area contributed by atoms with Crippen molar-refractivity contribution in [3.05, 3.63) is 99.0 Å². The van der Waals surface area contributed by atoms with Crippen LogP contribution in [0.3, 0.4) is 0 Å². The molecule has 1 aromatic carbocycles. The monoisotopic (exact) mass is 470 g/mol. The Morgan fingerprint density at radius 2 is 2.09 bits per heavy atom. The molecule has 34 heavy (non-hydrogen) atoms. The summed E-state index contributed by atoms with van der Waals surface area (Å²) in [5.74, 6) is -1.44. The van der Waals surface area contributed by atoms with E-state index in [1.807, 2.05) is 24.3 Å². The lowest BCUT2D eigenvalue weighted by Gasteiger charge is -2.14. The molecule has 2 aromatic rings. The predicted octanol–water partition coefficient (Wildman–Crippen LogP) is 3.71. The zero-order valence-electron chi connectivity index (χ0n) is 19.2. The Labute approximate surface area is 196 Å². The maximum atomic E-state index is 13.8. The fraction of sp³-hybridized carbons (Fsp3) is 0.308. The predicted molar refractivity (Wildman–Crippen MR) is 125 cm³/mol. The SMILES string of the molecule is Cc1c(OCc2ccc(F)cc2F)ccn(CC2=CC(CCNC(=O)C(C)O)=CC=CC2)c1=O. The van der Waals surface area contributed by atoms with E-state index in [9.17, 15) is 23.5 Å². The summed E-state index contributed by atoms with van der Waals surface area (Å²) in [4.78, 5) is 24.4. The van der Waals surface area contributed by atoms with Gasteiger partial charge < -0.3 is 19.7 Å². The van der Waals surface area contributed by atoms with E-state index in [4.69, 9.17) is 4.74 Å². The molecule has 0 radical (unpaired) electrons. The van der Waals surface area contributed by atoms with Gasteiger partial charge in [-0.25, -0.2) is 8.78 Å². The topological polar surface area (TPSA) is 80.6 Å². The van der Waals surface area contributed by atoms with Crippen molar-refractivity contribution in [1.29, 1.82) is 0 Å². The summed E-state index contributed by atoms with van der Waals surface area (Å²) in [6, 6.07) is 4.93. The lowest BCUT2D eigenvalue weighted by molar-refractivity contribution is -0.128. The highest BCUT2D eigenvalue weighted by Crippen LogP contribution is 2.19. The Kier molecular flexibility index (Phi) is 8.54. The molecule has 1 heterocycles. The molecule has 2 N–H and O–H groups in total. The number of rotatable bonds is 9. The highest BCUT2D eigenvalue weighted by Gasteiger charge is 2.12. The number of amides is 1. The van der Waals surface area contributed by atoms with Crippen LogP contribution < -0.4 is 15.6 Å². The van der Waals surface area contributed by atoms with Crippen LogP contribution in [0.25, 0.3) is 0 Å². The van der Waals surface area contributed by atoms with E-state index in [2.05, 4.69) is 5.32 Å².